The molecule has 26 heavy (non-hydrogen) atoms. The predicted octanol–water partition coefficient (Wildman–Crippen LogP) is 1.99. The number of esters is 1. The molecule has 0 bridgehead atoms. The van der Waals surface area contributed by atoms with Gasteiger partial charge < -0.3 is 14.3 Å². The maximum atomic E-state index is 11.7. The highest BCUT2D eigenvalue weighted by atomic mass is 16.6. The number of pyridine rings is 1. The summed E-state index contributed by atoms with van der Waals surface area (Å²) in [6.45, 7) is 5.22. The number of hydrogen-bond donors (Lipinski definition) is 2. The monoisotopic (exact) mass is 362 g/mol. The number of hydrogen-bond acceptors (Lipinski definition) is 8. The van der Waals surface area contributed by atoms with Crippen molar-refractivity contribution in [3.63, 3.8) is 0 Å². The number of aromatic nitrogens is 1. The molecule has 1 amide bonds. The van der Waals surface area contributed by atoms with E-state index in [4.69, 9.17) is 15.0 Å². The van der Waals surface area contributed by atoms with Gasteiger partial charge in [-0.15, -0.1) is 0 Å². The molecule has 0 radical (unpaired) electrons. The van der Waals surface area contributed by atoms with E-state index in [-0.39, 0.29) is 24.3 Å². The molecule has 0 saturated heterocycles. The van der Waals surface area contributed by atoms with E-state index in [2.05, 4.69) is 20.2 Å². The van der Waals surface area contributed by atoms with E-state index in [9.17, 15) is 9.59 Å². The smallest absolute Gasteiger partial charge is 0.413 e. The zero-order valence-corrected chi connectivity index (χ0v) is 15.2. The van der Waals surface area contributed by atoms with E-state index in [1.807, 2.05) is 0 Å². The third kappa shape index (κ3) is 5.54. The number of rotatable bonds is 4. The lowest BCUT2D eigenvalue weighted by Crippen LogP contribution is -2.36. The number of methoxy groups -OCH3 is 1. The minimum atomic E-state index is -0.703. The number of oxime groups is 1. The standard InChI is InChI=1S/C17H22N4O5/c1-17(2,3)25-16(23)20-15(18)10-5-6-12(19-9-10)13-7-11(26-21-13)8-14(22)24-4/h5-6,9,11H,7-8H2,1-4H3,(H2,18,20,23). The van der Waals surface area contributed by atoms with Crippen molar-refractivity contribution in [3.8, 4) is 0 Å². The fourth-order valence-corrected chi connectivity index (χ4v) is 2.15. The number of nitrogens with zero attached hydrogens (tertiary/aromatic N) is 2. The quantitative estimate of drug-likeness (QED) is 0.480. The summed E-state index contributed by atoms with van der Waals surface area (Å²) in [5.74, 6) is -0.483. The summed E-state index contributed by atoms with van der Waals surface area (Å²) in [5.41, 5.74) is 0.960. The van der Waals surface area contributed by atoms with Gasteiger partial charge in [0.05, 0.1) is 19.2 Å². The van der Waals surface area contributed by atoms with Gasteiger partial charge in [-0.2, -0.15) is 0 Å². The van der Waals surface area contributed by atoms with Gasteiger partial charge in [-0.3, -0.25) is 20.5 Å². The fraction of sp³-hybridized carbons (Fsp3) is 0.471. The van der Waals surface area contributed by atoms with Gasteiger partial charge in [-0.25, -0.2) is 4.79 Å². The van der Waals surface area contributed by atoms with Gasteiger partial charge in [-0.1, -0.05) is 5.16 Å². The van der Waals surface area contributed by atoms with Gasteiger partial charge in [0, 0.05) is 18.2 Å². The van der Waals surface area contributed by atoms with E-state index in [1.165, 1.54) is 13.3 Å². The molecule has 9 heteroatoms. The molecule has 1 aromatic heterocycles. The number of carbonyl (C=O) groups excluding carboxylic acids is 2. The van der Waals surface area contributed by atoms with Crippen molar-refractivity contribution in [1.29, 1.82) is 5.41 Å². The number of nitrogens with one attached hydrogen (secondary N) is 2. The van der Waals surface area contributed by atoms with Crippen LogP contribution in [-0.4, -0.2) is 47.4 Å². The lowest BCUT2D eigenvalue weighted by atomic mass is 10.1. The molecule has 1 aromatic rings. The van der Waals surface area contributed by atoms with E-state index >= 15 is 0 Å². The zero-order chi connectivity index (χ0) is 19.3. The van der Waals surface area contributed by atoms with Crippen LogP contribution >= 0.6 is 0 Å². The van der Waals surface area contributed by atoms with Crippen LogP contribution in [0, 0.1) is 5.41 Å². The number of carbonyl (C=O) groups is 2. The summed E-state index contributed by atoms with van der Waals surface area (Å²) >= 11 is 0. The highest BCUT2D eigenvalue weighted by Gasteiger charge is 2.26. The molecule has 9 nitrogen and oxygen atoms in total. The summed E-state index contributed by atoms with van der Waals surface area (Å²) in [6.07, 6.45) is 0.934. The molecule has 2 N–H and O–H groups in total. The minimum absolute atomic E-state index is 0.117. The molecule has 140 valence electrons. The Morgan fingerprint density at radius 2 is 2.12 bits per heavy atom. The molecule has 0 aliphatic carbocycles. The van der Waals surface area contributed by atoms with E-state index < -0.39 is 11.7 Å². The van der Waals surface area contributed by atoms with Crippen molar-refractivity contribution in [2.45, 2.75) is 45.3 Å². The summed E-state index contributed by atoms with van der Waals surface area (Å²) in [4.78, 5) is 32.4. The zero-order valence-electron chi connectivity index (χ0n) is 15.2. The molecular weight excluding hydrogens is 340 g/mol. The Bertz CT molecular complexity index is 722. The van der Waals surface area contributed by atoms with Gasteiger partial charge in [0.25, 0.3) is 0 Å². The average Bonchev–Trinajstić information content (AvgIpc) is 3.01. The van der Waals surface area contributed by atoms with Crippen LogP contribution in [0.3, 0.4) is 0 Å². The Hall–Kier alpha value is -2.97. The van der Waals surface area contributed by atoms with E-state index in [0.29, 0.717) is 23.4 Å². The van der Waals surface area contributed by atoms with Crippen LogP contribution in [0.5, 0.6) is 0 Å². The third-order valence-electron chi connectivity index (χ3n) is 3.33. The third-order valence-corrected chi connectivity index (χ3v) is 3.33. The molecule has 2 heterocycles. The Kier molecular flexibility index (Phi) is 5.91. The summed E-state index contributed by atoms with van der Waals surface area (Å²) in [6, 6.07) is 3.31. The van der Waals surface area contributed by atoms with Gasteiger partial charge in [-0.05, 0) is 32.9 Å². The van der Waals surface area contributed by atoms with Crippen molar-refractivity contribution >= 4 is 23.6 Å². The van der Waals surface area contributed by atoms with Crippen LogP contribution in [0.4, 0.5) is 4.79 Å². The first-order chi connectivity index (χ1) is 12.2. The van der Waals surface area contributed by atoms with Crippen LogP contribution < -0.4 is 5.32 Å². The Balaban J connectivity index is 1.93. The second kappa shape index (κ2) is 7.94. The fourth-order valence-electron chi connectivity index (χ4n) is 2.15. The van der Waals surface area contributed by atoms with Crippen molar-refractivity contribution in [1.82, 2.24) is 10.3 Å². The SMILES string of the molecule is COC(=O)CC1CC(c2ccc(C(=N)NC(=O)OC(C)(C)C)cn2)=NO1. The average molecular weight is 362 g/mol. The molecule has 0 saturated carbocycles. The summed E-state index contributed by atoms with van der Waals surface area (Å²) in [7, 11) is 1.32. The molecule has 0 spiro atoms. The van der Waals surface area contributed by atoms with E-state index in [0.717, 1.165) is 0 Å². The van der Waals surface area contributed by atoms with Crippen LogP contribution in [0.25, 0.3) is 0 Å². The molecule has 1 aliphatic heterocycles. The van der Waals surface area contributed by atoms with Crippen LogP contribution in [0.2, 0.25) is 0 Å². The number of amides is 1. The van der Waals surface area contributed by atoms with Crippen molar-refractivity contribution < 1.29 is 23.9 Å². The molecular formula is C17H22N4O5. The summed E-state index contributed by atoms with van der Waals surface area (Å²) < 4.78 is 9.71. The van der Waals surface area contributed by atoms with Gasteiger partial charge in [0.15, 0.2) is 0 Å². The second-order valence-electron chi connectivity index (χ2n) is 6.68. The van der Waals surface area contributed by atoms with E-state index in [1.54, 1.807) is 32.9 Å². The van der Waals surface area contributed by atoms with Gasteiger partial charge in [0.1, 0.15) is 23.3 Å². The first-order valence-corrected chi connectivity index (χ1v) is 8.03. The Labute approximate surface area is 151 Å². The molecule has 0 fully saturated rings. The van der Waals surface area contributed by atoms with Crippen LogP contribution in [-0.2, 0) is 19.1 Å². The number of ether oxygens (including phenoxy) is 2. The van der Waals surface area contributed by atoms with Gasteiger partial charge in [0.2, 0.25) is 0 Å². The molecule has 1 atom stereocenters. The van der Waals surface area contributed by atoms with Crippen molar-refractivity contribution in [2.24, 2.45) is 5.16 Å². The first kappa shape index (κ1) is 19.4. The number of amidine groups is 1. The summed E-state index contributed by atoms with van der Waals surface area (Å²) in [5, 5.41) is 14.2. The second-order valence-corrected chi connectivity index (χ2v) is 6.68. The van der Waals surface area contributed by atoms with Crippen LogP contribution in [0.1, 0.15) is 44.9 Å². The Morgan fingerprint density at radius 3 is 2.69 bits per heavy atom. The topological polar surface area (TPSA) is 123 Å². The highest BCUT2D eigenvalue weighted by molar-refractivity contribution is 6.05. The van der Waals surface area contributed by atoms with Crippen molar-refractivity contribution in [2.75, 3.05) is 7.11 Å². The van der Waals surface area contributed by atoms with Crippen LogP contribution in [0.15, 0.2) is 23.5 Å². The first-order valence-electron chi connectivity index (χ1n) is 8.03. The molecule has 1 aliphatic rings. The maximum absolute atomic E-state index is 11.7. The number of alkyl carbamates (subject to hydrolysis) is 1. The lowest BCUT2D eigenvalue weighted by molar-refractivity contribution is -0.143. The molecule has 0 aromatic carbocycles. The minimum Gasteiger partial charge on any atom is -0.469 e. The highest BCUT2D eigenvalue weighted by Crippen LogP contribution is 2.18. The predicted molar refractivity (Wildman–Crippen MR) is 93.1 cm³/mol. The lowest BCUT2D eigenvalue weighted by Gasteiger charge is -2.19. The molecule has 2 rings (SSSR count). The van der Waals surface area contributed by atoms with Gasteiger partial charge >= 0.3 is 12.1 Å². The maximum Gasteiger partial charge on any atom is 0.413 e. The Morgan fingerprint density at radius 1 is 1.38 bits per heavy atom. The molecule has 1 unspecified atom stereocenters. The normalized spacial score (nSPS) is 16.3. The van der Waals surface area contributed by atoms with Crippen molar-refractivity contribution in [3.05, 3.63) is 29.6 Å². The largest absolute Gasteiger partial charge is 0.469 e.